The standard InChI is InChI=1S/C16H12N2O3/c17-9-14(19)10-4-3-5-11(8-10)18-15(20)12-6-1-2-7-13(12)16(18)21/h3-5,8H,1-2,6-7H2. The number of carbonyl (C=O) groups is 3. The molecule has 0 spiro atoms. The van der Waals surface area contributed by atoms with E-state index in [1.807, 2.05) is 0 Å². The molecular weight excluding hydrogens is 268 g/mol. The van der Waals surface area contributed by atoms with Crippen LogP contribution in [0.15, 0.2) is 35.4 Å². The first-order chi connectivity index (χ1) is 10.1. The molecular formula is C16H12N2O3. The van der Waals surface area contributed by atoms with Gasteiger partial charge in [0.25, 0.3) is 17.6 Å². The molecule has 0 atom stereocenters. The Hall–Kier alpha value is -2.74. The molecule has 1 aliphatic heterocycles. The van der Waals surface area contributed by atoms with Crippen LogP contribution >= 0.6 is 0 Å². The maximum Gasteiger partial charge on any atom is 0.262 e. The summed E-state index contributed by atoms with van der Waals surface area (Å²) in [6, 6.07) is 7.61. The molecule has 3 rings (SSSR count). The Kier molecular flexibility index (Phi) is 3.15. The third-order valence-corrected chi connectivity index (χ3v) is 3.86. The highest BCUT2D eigenvalue weighted by Gasteiger charge is 2.39. The number of nitriles is 1. The lowest BCUT2D eigenvalue weighted by Gasteiger charge is -2.15. The summed E-state index contributed by atoms with van der Waals surface area (Å²) in [5.41, 5.74) is 1.73. The van der Waals surface area contributed by atoms with Gasteiger partial charge in [-0.1, -0.05) is 12.1 Å². The van der Waals surface area contributed by atoms with E-state index in [4.69, 9.17) is 5.26 Å². The van der Waals surface area contributed by atoms with E-state index >= 15 is 0 Å². The number of imide groups is 1. The van der Waals surface area contributed by atoms with Crippen molar-refractivity contribution in [3.63, 3.8) is 0 Å². The summed E-state index contributed by atoms with van der Waals surface area (Å²) < 4.78 is 0. The van der Waals surface area contributed by atoms with Gasteiger partial charge in [0, 0.05) is 16.7 Å². The third-order valence-electron chi connectivity index (χ3n) is 3.86. The van der Waals surface area contributed by atoms with Crippen LogP contribution in [0.3, 0.4) is 0 Å². The minimum atomic E-state index is -0.686. The average Bonchev–Trinajstić information content (AvgIpc) is 2.78. The molecule has 21 heavy (non-hydrogen) atoms. The number of hydrogen-bond donors (Lipinski definition) is 0. The van der Waals surface area contributed by atoms with Crippen LogP contribution in [0.2, 0.25) is 0 Å². The van der Waals surface area contributed by atoms with Crippen LogP contribution in [-0.4, -0.2) is 17.6 Å². The minimum absolute atomic E-state index is 0.181. The first-order valence-corrected chi connectivity index (χ1v) is 6.79. The monoisotopic (exact) mass is 280 g/mol. The van der Waals surface area contributed by atoms with Crippen molar-refractivity contribution in [3.8, 4) is 6.07 Å². The second-order valence-electron chi connectivity index (χ2n) is 5.10. The summed E-state index contributed by atoms with van der Waals surface area (Å²) in [4.78, 5) is 37.3. The smallest absolute Gasteiger partial charge is 0.262 e. The highest BCUT2D eigenvalue weighted by atomic mass is 16.2. The zero-order valence-corrected chi connectivity index (χ0v) is 11.3. The molecule has 5 heteroatoms. The second kappa shape index (κ2) is 4.98. The van der Waals surface area contributed by atoms with Crippen LogP contribution in [0, 0.1) is 11.3 Å². The quantitative estimate of drug-likeness (QED) is 0.472. The average molecular weight is 280 g/mol. The third kappa shape index (κ3) is 2.05. The fraction of sp³-hybridized carbons (Fsp3) is 0.250. The summed E-state index contributed by atoms with van der Waals surface area (Å²) in [6.07, 6.45) is 3.09. The van der Waals surface area contributed by atoms with Crippen LogP contribution < -0.4 is 4.90 Å². The predicted octanol–water partition coefficient (Wildman–Crippen LogP) is 2.14. The molecule has 0 fully saturated rings. The maximum atomic E-state index is 12.4. The molecule has 5 nitrogen and oxygen atoms in total. The molecule has 0 unspecified atom stereocenters. The molecule has 1 aromatic carbocycles. The van der Waals surface area contributed by atoms with E-state index in [2.05, 4.69) is 0 Å². The maximum absolute atomic E-state index is 12.4. The van der Waals surface area contributed by atoms with E-state index < -0.39 is 5.78 Å². The number of benzene rings is 1. The van der Waals surface area contributed by atoms with Gasteiger partial charge in [0.05, 0.1) is 5.69 Å². The van der Waals surface area contributed by atoms with Gasteiger partial charge in [0.15, 0.2) is 0 Å². The van der Waals surface area contributed by atoms with E-state index in [-0.39, 0.29) is 17.4 Å². The van der Waals surface area contributed by atoms with Crippen LogP contribution in [0.1, 0.15) is 36.0 Å². The van der Waals surface area contributed by atoms with Gasteiger partial charge in [-0.05, 0) is 37.8 Å². The van der Waals surface area contributed by atoms with E-state index in [0.717, 1.165) is 17.7 Å². The van der Waals surface area contributed by atoms with Gasteiger partial charge in [0.1, 0.15) is 6.07 Å². The van der Waals surface area contributed by atoms with Crippen LogP contribution in [0.5, 0.6) is 0 Å². The molecule has 0 saturated heterocycles. The summed E-state index contributed by atoms with van der Waals surface area (Å²) in [5.74, 6) is -1.28. The molecule has 0 saturated carbocycles. The van der Waals surface area contributed by atoms with Gasteiger partial charge in [-0.25, -0.2) is 4.90 Å². The Morgan fingerprint density at radius 2 is 1.71 bits per heavy atom. The van der Waals surface area contributed by atoms with Crippen LogP contribution in [0.4, 0.5) is 5.69 Å². The molecule has 0 aromatic heterocycles. The number of nitrogens with zero attached hydrogens (tertiary/aromatic N) is 2. The first-order valence-electron chi connectivity index (χ1n) is 6.79. The van der Waals surface area contributed by atoms with E-state index in [1.165, 1.54) is 18.2 Å². The fourth-order valence-electron chi connectivity index (χ4n) is 2.82. The van der Waals surface area contributed by atoms with Gasteiger partial charge in [-0.3, -0.25) is 14.4 Å². The summed E-state index contributed by atoms with van der Waals surface area (Å²) in [5, 5.41) is 8.66. The molecule has 104 valence electrons. The lowest BCUT2D eigenvalue weighted by molar-refractivity contribution is -0.120. The van der Waals surface area contributed by atoms with Crippen molar-refractivity contribution in [2.45, 2.75) is 25.7 Å². The lowest BCUT2D eigenvalue weighted by Crippen LogP contribution is -2.31. The highest BCUT2D eigenvalue weighted by Crippen LogP contribution is 2.35. The second-order valence-corrected chi connectivity index (χ2v) is 5.10. The van der Waals surface area contributed by atoms with Crippen molar-refractivity contribution in [2.75, 3.05) is 4.90 Å². The van der Waals surface area contributed by atoms with Crippen molar-refractivity contribution in [1.82, 2.24) is 0 Å². The summed E-state index contributed by atoms with van der Waals surface area (Å²) in [6.45, 7) is 0. The molecule has 0 bridgehead atoms. The van der Waals surface area contributed by atoms with Gasteiger partial charge in [0.2, 0.25) is 0 Å². The number of amides is 2. The zero-order valence-electron chi connectivity index (χ0n) is 11.3. The molecule has 1 aromatic rings. The number of hydrogen-bond acceptors (Lipinski definition) is 4. The first kappa shape index (κ1) is 13.3. The highest BCUT2D eigenvalue weighted by molar-refractivity contribution is 6.33. The summed E-state index contributed by atoms with van der Waals surface area (Å²) >= 11 is 0. The molecule has 1 aliphatic carbocycles. The Morgan fingerprint density at radius 3 is 2.29 bits per heavy atom. The Morgan fingerprint density at radius 1 is 1.10 bits per heavy atom. The van der Waals surface area contributed by atoms with Gasteiger partial charge in [-0.15, -0.1) is 0 Å². The van der Waals surface area contributed by atoms with Crippen LogP contribution in [-0.2, 0) is 9.59 Å². The largest absolute Gasteiger partial charge is 0.277 e. The number of anilines is 1. The SMILES string of the molecule is N#CC(=O)c1cccc(N2C(=O)C3=C(CCCC3)C2=O)c1. The van der Waals surface area contributed by atoms with Gasteiger partial charge < -0.3 is 0 Å². The Bertz CT molecular complexity index is 712. The normalized spacial score (nSPS) is 17.8. The molecule has 2 amide bonds. The summed E-state index contributed by atoms with van der Waals surface area (Å²) in [7, 11) is 0. The fourth-order valence-corrected chi connectivity index (χ4v) is 2.82. The molecule has 2 aliphatic rings. The van der Waals surface area contributed by atoms with Crippen molar-refractivity contribution >= 4 is 23.3 Å². The number of rotatable bonds is 2. The lowest BCUT2D eigenvalue weighted by atomic mass is 9.93. The van der Waals surface area contributed by atoms with Crippen molar-refractivity contribution in [3.05, 3.63) is 41.0 Å². The Labute approximate surface area is 121 Å². The van der Waals surface area contributed by atoms with Crippen LogP contribution in [0.25, 0.3) is 0 Å². The Balaban J connectivity index is 1.99. The molecule has 0 radical (unpaired) electrons. The predicted molar refractivity (Wildman–Crippen MR) is 74.4 cm³/mol. The molecule has 0 N–H and O–H groups in total. The topological polar surface area (TPSA) is 78.2 Å². The van der Waals surface area contributed by atoms with Gasteiger partial charge >= 0.3 is 0 Å². The van der Waals surface area contributed by atoms with Crippen molar-refractivity contribution in [2.24, 2.45) is 0 Å². The van der Waals surface area contributed by atoms with Crippen molar-refractivity contribution < 1.29 is 14.4 Å². The number of carbonyl (C=O) groups excluding carboxylic acids is 3. The molecule has 1 heterocycles. The zero-order chi connectivity index (χ0) is 15.0. The van der Waals surface area contributed by atoms with E-state index in [1.54, 1.807) is 12.1 Å². The van der Waals surface area contributed by atoms with Crippen molar-refractivity contribution in [1.29, 1.82) is 5.26 Å². The number of Topliss-reactive ketones (excluding diaryl/α,β-unsaturated/α-hetero) is 1. The minimum Gasteiger partial charge on any atom is -0.277 e. The van der Waals surface area contributed by atoms with E-state index in [9.17, 15) is 14.4 Å². The number of ketones is 1. The van der Waals surface area contributed by atoms with E-state index in [0.29, 0.717) is 29.7 Å². The van der Waals surface area contributed by atoms with Gasteiger partial charge in [-0.2, -0.15) is 5.26 Å².